The first-order valence-electron chi connectivity index (χ1n) is 5.71. The van der Waals surface area contributed by atoms with Crippen molar-refractivity contribution in [3.63, 3.8) is 0 Å². The highest BCUT2D eigenvalue weighted by Gasteiger charge is 2.15. The van der Waals surface area contributed by atoms with Crippen LogP contribution in [0, 0.1) is 0 Å². The van der Waals surface area contributed by atoms with Crippen LogP contribution in [-0.4, -0.2) is 18.7 Å². The minimum atomic E-state index is -0.358. The van der Waals surface area contributed by atoms with Gasteiger partial charge in [-0.3, -0.25) is 13.9 Å². The van der Waals surface area contributed by atoms with E-state index in [1.807, 2.05) is 19.1 Å². The van der Waals surface area contributed by atoms with Crippen molar-refractivity contribution in [2.75, 3.05) is 0 Å². The fourth-order valence-electron chi connectivity index (χ4n) is 1.97. The van der Waals surface area contributed by atoms with Gasteiger partial charge in [0.2, 0.25) is 0 Å². The van der Waals surface area contributed by atoms with Crippen LogP contribution in [0.2, 0.25) is 0 Å². The number of aromatic nitrogens is 4. The average molecular weight is 248 g/mol. The maximum Gasteiger partial charge on any atom is 0.332 e. The van der Waals surface area contributed by atoms with Crippen LogP contribution in [0.25, 0.3) is 11.2 Å². The third kappa shape index (κ3) is 1.61. The molecule has 0 aliphatic rings. The van der Waals surface area contributed by atoms with Crippen molar-refractivity contribution in [1.82, 2.24) is 18.7 Å². The minimum Gasteiger partial charge on any atom is -0.325 e. The quantitative estimate of drug-likeness (QED) is 0.708. The van der Waals surface area contributed by atoms with Gasteiger partial charge in [-0.05, 0) is 6.92 Å². The fraction of sp³-hybridized carbons (Fsp3) is 0.417. The summed E-state index contributed by atoms with van der Waals surface area (Å²) in [5.41, 5.74) is 0.224. The SMILES string of the molecule is CC=CCc1nc2c(c(=O)n(C)c(=O)n2C)n1C. The number of hydrogen-bond acceptors (Lipinski definition) is 3. The number of nitrogens with zero attached hydrogens (tertiary/aromatic N) is 4. The van der Waals surface area contributed by atoms with E-state index in [1.54, 1.807) is 18.7 Å². The Morgan fingerprint density at radius 3 is 2.39 bits per heavy atom. The highest BCUT2D eigenvalue weighted by atomic mass is 16.2. The Morgan fingerprint density at radius 2 is 1.78 bits per heavy atom. The Bertz CT molecular complexity index is 746. The van der Waals surface area contributed by atoms with Crippen molar-refractivity contribution < 1.29 is 0 Å². The topological polar surface area (TPSA) is 61.8 Å². The Labute approximate surface area is 104 Å². The highest BCUT2D eigenvalue weighted by Crippen LogP contribution is 2.09. The van der Waals surface area contributed by atoms with E-state index in [0.717, 1.165) is 10.4 Å². The lowest BCUT2D eigenvalue weighted by Gasteiger charge is -2.03. The van der Waals surface area contributed by atoms with Crippen molar-refractivity contribution in [2.24, 2.45) is 21.1 Å². The number of fused-ring (bicyclic) bond motifs is 1. The van der Waals surface area contributed by atoms with Crippen LogP contribution >= 0.6 is 0 Å². The van der Waals surface area contributed by atoms with Crippen molar-refractivity contribution in [3.05, 3.63) is 38.8 Å². The highest BCUT2D eigenvalue weighted by molar-refractivity contribution is 5.70. The molecule has 6 heteroatoms. The second-order valence-electron chi connectivity index (χ2n) is 4.24. The summed E-state index contributed by atoms with van der Waals surface area (Å²) < 4.78 is 4.25. The van der Waals surface area contributed by atoms with Gasteiger partial charge in [0.25, 0.3) is 5.56 Å². The Morgan fingerprint density at radius 1 is 1.11 bits per heavy atom. The molecule has 0 aliphatic carbocycles. The molecule has 0 unspecified atom stereocenters. The lowest BCUT2D eigenvalue weighted by molar-refractivity contribution is 0.705. The van der Waals surface area contributed by atoms with Crippen molar-refractivity contribution in [1.29, 1.82) is 0 Å². The third-order valence-electron chi connectivity index (χ3n) is 3.10. The van der Waals surface area contributed by atoms with Gasteiger partial charge in [0.05, 0.1) is 0 Å². The molecule has 0 amide bonds. The van der Waals surface area contributed by atoms with Gasteiger partial charge in [-0.2, -0.15) is 0 Å². The molecular formula is C12H16N4O2. The van der Waals surface area contributed by atoms with Crippen molar-refractivity contribution in [2.45, 2.75) is 13.3 Å². The number of allylic oxidation sites excluding steroid dienone is 2. The molecule has 0 atom stereocenters. The summed E-state index contributed by atoms with van der Waals surface area (Å²) in [7, 11) is 4.89. The van der Waals surface area contributed by atoms with Crippen LogP contribution in [0.3, 0.4) is 0 Å². The second kappa shape index (κ2) is 4.29. The summed E-state index contributed by atoms with van der Waals surface area (Å²) >= 11 is 0. The van der Waals surface area contributed by atoms with Crippen LogP contribution < -0.4 is 11.2 Å². The Kier molecular flexibility index (Phi) is 2.94. The number of aryl methyl sites for hydroxylation is 2. The summed E-state index contributed by atoms with van der Waals surface area (Å²) in [6, 6.07) is 0. The van der Waals surface area contributed by atoms with Crippen LogP contribution in [0.1, 0.15) is 12.7 Å². The summed E-state index contributed by atoms with van der Waals surface area (Å²) in [6.45, 7) is 1.93. The van der Waals surface area contributed by atoms with Gasteiger partial charge in [0.1, 0.15) is 5.82 Å². The lowest BCUT2D eigenvalue weighted by atomic mass is 10.3. The molecule has 0 aromatic carbocycles. The second-order valence-corrected chi connectivity index (χ2v) is 4.24. The van der Waals surface area contributed by atoms with Gasteiger partial charge in [0, 0.05) is 27.6 Å². The van der Waals surface area contributed by atoms with E-state index in [1.165, 1.54) is 11.6 Å². The molecule has 0 aliphatic heterocycles. The summed E-state index contributed by atoms with van der Waals surface area (Å²) in [6.07, 6.45) is 4.53. The maximum absolute atomic E-state index is 12.1. The molecule has 18 heavy (non-hydrogen) atoms. The molecule has 0 saturated heterocycles. The molecule has 0 bridgehead atoms. The Hall–Kier alpha value is -2.11. The zero-order valence-electron chi connectivity index (χ0n) is 11.0. The predicted molar refractivity (Wildman–Crippen MR) is 69.7 cm³/mol. The van der Waals surface area contributed by atoms with Gasteiger partial charge in [-0.25, -0.2) is 9.78 Å². The van der Waals surface area contributed by atoms with Crippen LogP contribution in [0.4, 0.5) is 0 Å². The molecule has 0 saturated carbocycles. The molecular weight excluding hydrogens is 232 g/mol. The van der Waals surface area contributed by atoms with Crippen molar-refractivity contribution >= 4 is 11.2 Å². The average Bonchev–Trinajstić information content (AvgIpc) is 2.69. The molecule has 2 rings (SSSR count). The Balaban J connectivity index is 2.89. The van der Waals surface area contributed by atoms with Crippen LogP contribution in [0.5, 0.6) is 0 Å². The minimum absolute atomic E-state index is 0.310. The largest absolute Gasteiger partial charge is 0.332 e. The van der Waals surface area contributed by atoms with Crippen molar-refractivity contribution in [3.8, 4) is 0 Å². The molecule has 0 spiro atoms. The predicted octanol–water partition coefficient (Wildman–Crippen LogP) is 0.0893. The molecule has 0 radical (unpaired) electrons. The smallest absolute Gasteiger partial charge is 0.325 e. The number of rotatable bonds is 2. The fourth-order valence-corrected chi connectivity index (χ4v) is 1.97. The molecule has 6 nitrogen and oxygen atoms in total. The van der Waals surface area contributed by atoms with E-state index in [-0.39, 0.29) is 11.2 Å². The van der Waals surface area contributed by atoms with Crippen LogP contribution in [0.15, 0.2) is 21.7 Å². The van der Waals surface area contributed by atoms with E-state index >= 15 is 0 Å². The van der Waals surface area contributed by atoms with Gasteiger partial charge >= 0.3 is 5.69 Å². The van der Waals surface area contributed by atoms with E-state index in [9.17, 15) is 9.59 Å². The summed E-state index contributed by atoms with van der Waals surface area (Å²) in [5.74, 6) is 0.765. The zero-order valence-corrected chi connectivity index (χ0v) is 11.0. The lowest BCUT2D eigenvalue weighted by Crippen LogP contribution is -2.37. The number of hydrogen-bond donors (Lipinski definition) is 0. The standard InChI is InChI=1S/C12H16N4O2/c1-5-6-7-8-13-10-9(14(8)2)11(17)16(4)12(18)15(10)3/h5-6H,7H2,1-4H3. The first-order chi connectivity index (χ1) is 8.49. The number of imidazole rings is 1. The van der Waals surface area contributed by atoms with Crippen LogP contribution in [-0.2, 0) is 27.6 Å². The van der Waals surface area contributed by atoms with E-state index in [4.69, 9.17) is 0 Å². The molecule has 2 heterocycles. The monoisotopic (exact) mass is 248 g/mol. The van der Waals surface area contributed by atoms with E-state index < -0.39 is 0 Å². The molecule has 0 fully saturated rings. The van der Waals surface area contributed by atoms with E-state index in [0.29, 0.717) is 17.6 Å². The van der Waals surface area contributed by atoms with E-state index in [2.05, 4.69) is 4.98 Å². The molecule has 2 aromatic heterocycles. The normalized spacial score (nSPS) is 11.8. The summed E-state index contributed by atoms with van der Waals surface area (Å²) in [5, 5.41) is 0. The molecule has 96 valence electrons. The summed E-state index contributed by atoms with van der Waals surface area (Å²) in [4.78, 5) is 28.3. The van der Waals surface area contributed by atoms with Gasteiger partial charge in [0.15, 0.2) is 11.2 Å². The zero-order chi connectivity index (χ0) is 13.4. The molecule has 0 N–H and O–H groups in total. The van der Waals surface area contributed by atoms with Gasteiger partial charge in [-0.1, -0.05) is 12.2 Å². The third-order valence-corrected chi connectivity index (χ3v) is 3.10. The first kappa shape index (κ1) is 12.3. The maximum atomic E-state index is 12.1. The molecule has 2 aromatic rings. The van der Waals surface area contributed by atoms with Gasteiger partial charge < -0.3 is 4.57 Å². The van der Waals surface area contributed by atoms with Gasteiger partial charge in [-0.15, -0.1) is 0 Å². The first-order valence-corrected chi connectivity index (χ1v) is 5.71.